The van der Waals surface area contributed by atoms with E-state index in [0.717, 1.165) is 24.8 Å². The molecule has 0 atom stereocenters. The molecule has 23 heavy (non-hydrogen) atoms. The van der Waals surface area contributed by atoms with Gasteiger partial charge in [0.05, 0.1) is 5.75 Å². The van der Waals surface area contributed by atoms with Gasteiger partial charge in [0.25, 0.3) is 5.91 Å². The van der Waals surface area contributed by atoms with Crippen molar-refractivity contribution in [1.29, 1.82) is 0 Å². The van der Waals surface area contributed by atoms with E-state index in [1.807, 2.05) is 19.1 Å². The fourth-order valence-electron chi connectivity index (χ4n) is 2.43. The van der Waals surface area contributed by atoms with E-state index in [2.05, 4.69) is 5.32 Å². The molecule has 0 aliphatic carbocycles. The Bertz CT molecular complexity index is 607. The number of nitrogens with zero attached hydrogens (tertiary/aromatic N) is 1. The highest BCUT2D eigenvalue weighted by Crippen LogP contribution is 2.13. The summed E-state index contributed by atoms with van der Waals surface area (Å²) in [4.78, 5) is 11.7. The highest BCUT2D eigenvalue weighted by molar-refractivity contribution is 7.89. The van der Waals surface area contributed by atoms with Crippen LogP contribution in [-0.4, -0.2) is 50.6 Å². The predicted molar refractivity (Wildman–Crippen MR) is 88.9 cm³/mol. The van der Waals surface area contributed by atoms with Gasteiger partial charge in [-0.2, -0.15) is 0 Å². The minimum Gasteiger partial charge on any atom is -0.484 e. The summed E-state index contributed by atoms with van der Waals surface area (Å²) >= 11 is 0. The minimum absolute atomic E-state index is 0.0662. The Labute approximate surface area is 137 Å². The van der Waals surface area contributed by atoms with Gasteiger partial charge in [-0.1, -0.05) is 24.1 Å². The first-order valence-electron chi connectivity index (χ1n) is 7.91. The summed E-state index contributed by atoms with van der Waals surface area (Å²) in [6.07, 6.45) is 2.91. The van der Waals surface area contributed by atoms with Crippen LogP contribution in [0, 0.1) is 6.92 Å². The van der Waals surface area contributed by atoms with Crippen LogP contribution in [0.15, 0.2) is 24.3 Å². The Balaban J connectivity index is 1.68. The molecule has 1 aromatic rings. The second kappa shape index (κ2) is 8.31. The lowest BCUT2D eigenvalue weighted by atomic mass is 10.2. The van der Waals surface area contributed by atoms with E-state index >= 15 is 0 Å². The van der Waals surface area contributed by atoms with Crippen LogP contribution in [0.25, 0.3) is 0 Å². The third-order valence-electron chi connectivity index (χ3n) is 3.78. The van der Waals surface area contributed by atoms with E-state index in [0.29, 0.717) is 18.8 Å². The molecule has 0 aromatic heterocycles. The smallest absolute Gasteiger partial charge is 0.257 e. The Morgan fingerprint density at radius 1 is 1.17 bits per heavy atom. The van der Waals surface area contributed by atoms with Crippen LogP contribution in [0.4, 0.5) is 0 Å². The van der Waals surface area contributed by atoms with Gasteiger partial charge >= 0.3 is 0 Å². The number of amides is 1. The number of sulfonamides is 1. The van der Waals surface area contributed by atoms with E-state index < -0.39 is 10.0 Å². The molecule has 0 bridgehead atoms. The highest BCUT2D eigenvalue weighted by atomic mass is 32.2. The van der Waals surface area contributed by atoms with E-state index in [1.54, 1.807) is 12.1 Å². The molecule has 1 fully saturated rings. The van der Waals surface area contributed by atoms with Gasteiger partial charge in [-0.15, -0.1) is 0 Å². The van der Waals surface area contributed by atoms with Crippen LogP contribution in [0.2, 0.25) is 0 Å². The molecule has 1 saturated heterocycles. The summed E-state index contributed by atoms with van der Waals surface area (Å²) < 4.78 is 31.1. The van der Waals surface area contributed by atoms with Crippen molar-refractivity contribution < 1.29 is 17.9 Å². The average molecular weight is 340 g/mol. The minimum atomic E-state index is -3.27. The van der Waals surface area contributed by atoms with E-state index in [-0.39, 0.29) is 24.8 Å². The van der Waals surface area contributed by atoms with Crippen LogP contribution in [-0.2, 0) is 14.8 Å². The molecule has 7 heteroatoms. The molecule has 1 aliphatic rings. The number of aryl methyl sites for hydroxylation is 1. The number of rotatable bonds is 7. The summed E-state index contributed by atoms with van der Waals surface area (Å²) in [5.41, 5.74) is 1.12. The highest BCUT2D eigenvalue weighted by Gasteiger charge is 2.23. The van der Waals surface area contributed by atoms with Gasteiger partial charge in [-0.25, -0.2) is 12.7 Å². The predicted octanol–water partition coefficient (Wildman–Crippen LogP) is 1.31. The standard InChI is InChI=1S/C16H24N2O4S/c1-14-5-7-15(8-6-14)22-13-16(19)17-9-12-23(20,21)18-10-3-2-4-11-18/h5-8H,2-4,9-13H2,1H3,(H,17,19). The molecule has 0 saturated carbocycles. The number of hydrogen-bond donors (Lipinski definition) is 1. The van der Waals surface area contributed by atoms with Crippen molar-refractivity contribution in [3.05, 3.63) is 29.8 Å². The maximum Gasteiger partial charge on any atom is 0.257 e. The van der Waals surface area contributed by atoms with Crippen molar-refractivity contribution in [1.82, 2.24) is 9.62 Å². The Morgan fingerprint density at radius 3 is 2.48 bits per heavy atom. The molecule has 1 N–H and O–H groups in total. The molecular weight excluding hydrogens is 316 g/mol. The van der Waals surface area contributed by atoms with Crippen LogP contribution >= 0.6 is 0 Å². The molecule has 1 heterocycles. The normalized spacial score (nSPS) is 16.0. The number of nitrogens with one attached hydrogen (secondary N) is 1. The average Bonchev–Trinajstić information content (AvgIpc) is 2.55. The summed E-state index contributed by atoms with van der Waals surface area (Å²) in [6.45, 7) is 3.14. The van der Waals surface area contributed by atoms with Crippen LogP contribution in [0.1, 0.15) is 24.8 Å². The molecule has 0 unspecified atom stereocenters. The number of carbonyl (C=O) groups is 1. The van der Waals surface area contributed by atoms with E-state index in [1.165, 1.54) is 4.31 Å². The van der Waals surface area contributed by atoms with Crippen LogP contribution in [0.5, 0.6) is 5.75 Å². The number of piperidine rings is 1. The van der Waals surface area contributed by atoms with Crippen molar-refractivity contribution in [2.45, 2.75) is 26.2 Å². The first-order chi connectivity index (χ1) is 11.0. The number of benzene rings is 1. The molecule has 2 rings (SSSR count). The maximum absolute atomic E-state index is 12.1. The summed E-state index contributed by atoms with van der Waals surface area (Å²) in [6, 6.07) is 7.39. The maximum atomic E-state index is 12.1. The van der Waals surface area contributed by atoms with Gasteiger partial charge in [0.2, 0.25) is 10.0 Å². The van der Waals surface area contributed by atoms with Gasteiger partial charge < -0.3 is 10.1 Å². The van der Waals surface area contributed by atoms with E-state index in [9.17, 15) is 13.2 Å². The molecule has 0 radical (unpaired) electrons. The lowest BCUT2D eigenvalue weighted by molar-refractivity contribution is -0.122. The molecule has 1 aliphatic heterocycles. The Hall–Kier alpha value is -1.60. The first-order valence-corrected chi connectivity index (χ1v) is 9.52. The van der Waals surface area contributed by atoms with E-state index in [4.69, 9.17) is 4.74 Å². The van der Waals surface area contributed by atoms with Gasteiger partial charge in [-0.05, 0) is 31.9 Å². The largest absolute Gasteiger partial charge is 0.484 e. The lowest BCUT2D eigenvalue weighted by Crippen LogP contribution is -2.41. The van der Waals surface area contributed by atoms with Crippen molar-refractivity contribution in [2.24, 2.45) is 0 Å². The zero-order chi connectivity index (χ0) is 16.7. The van der Waals surface area contributed by atoms with Gasteiger partial charge in [-0.3, -0.25) is 4.79 Å². The van der Waals surface area contributed by atoms with Gasteiger partial charge in [0.15, 0.2) is 6.61 Å². The quantitative estimate of drug-likeness (QED) is 0.812. The van der Waals surface area contributed by atoms with Crippen molar-refractivity contribution in [3.8, 4) is 5.75 Å². The van der Waals surface area contributed by atoms with Crippen molar-refractivity contribution in [2.75, 3.05) is 32.0 Å². The van der Waals surface area contributed by atoms with Crippen LogP contribution in [0.3, 0.4) is 0 Å². The Kier molecular flexibility index (Phi) is 6.41. The third-order valence-corrected chi connectivity index (χ3v) is 5.65. The lowest BCUT2D eigenvalue weighted by Gasteiger charge is -2.25. The second-order valence-corrected chi connectivity index (χ2v) is 7.82. The summed E-state index contributed by atoms with van der Waals surface area (Å²) in [7, 11) is -3.27. The first kappa shape index (κ1) is 17.7. The Morgan fingerprint density at radius 2 is 1.83 bits per heavy atom. The SMILES string of the molecule is Cc1ccc(OCC(=O)NCCS(=O)(=O)N2CCCCC2)cc1. The third kappa shape index (κ3) is 5.84. The van der Waals surface area contributed by atoms with Crippen LogP contribution < -0.4 is 10.1 Å². The van der Waals surface area contributed by atoms with Gasteiger partial charge in [0.1, 0.15) is 5.75 Å². The fourth-order valence-corrected chi connectivity index (χ4v) is 3.86. The number of hydrogen-bond acceptors (Lipinski definition) is 4. The monoisotopic (exact) mass is 340 g/mol. The molecule has 128 valence electrons. The number of ether oxygens (including phenoxy) is 1. The topological polar surface area (TPSA) is 75.7 Å². The number of carbonyl (C=O) groups excluding carboxylic acids is 1. The molecule has 0 spiro atoms. The molecule has 1 amide bonds. The molecule has 1 aromatic carbocycles. The summed E-state index contributed by atoms with van der Waals surface area (Å²) in [5, 5.41) is 2.59. The fraction of sp³-hybridized carbons (Fsp3) is 0.562. The molecule has 6 nitrogen and oxygen atoms in total. The zero-order valence-corrected chi connectivity index (χ0v) is 14.3. The van der Waals surface area contributed by atoms with Crippen molar-refractivity contribution >= 4 is 15.9 Å². The molecular formula is C16H24N2O4S. The summed E-state index contributed by atoms with van der Waals surface area (Å²) in [5.74, 6) is 0.231. The second-order valence-electron chi connectivity index (χ2n) is 5.73. The zero-order valence-electron chi connectivity index (χ0n) is 13.5. The van der Waals surface area contributed by atoms with Crippen molar-refractivity contribution in [3.63, 3.8) is 0 Å². The van der Waals surface area contributed by atoms with Gasteiger partial charge in [0, 0.05) is 19.6 Å².